The van der Waals surface area contributed by atoms with Gasteiger partial charge in [-0.25, -0.2) is 4.79 Å². The summed E-state index contributed by atoms with van der Waals surface area (Å²) >= 11 is 0. The van der Waals surface area contributed by atoms with Gasteiger partial charge in [-0.15, -0.1) is 0 Å². The first-order valence-electron chi connectivity index (χ1n) is 10.8. The summed E-state index contributed by atoms with van der Waals surface area (Å²) in [5.41, 5.74) is 2.28. The lowest BCUT2D eigenvalue weighted by Gasteiger charge is -2.39. The van der Waals surface area contributed by atoms with Crippen molar-refractivity contribution < 1.29 is 39.5 Å². The average Bonchev–Trinajstić information content (AvgIpc) is 3.25. The van der Waals surface area contributed by atoms with Crippen LogP contribution < -0.4 is 5.32 Å². The number of benzene rings is 2. The highest BCUT2D eigenvalue weighted by Crippen LogP contribution is 2.24. The molecule has 2 heterocycles. The molecule has 2 aromatic carbocycles. The van der Waals surface area contributed by atoms with Crippen LogP contribution in [-0.2, 0) is 32.1 Å². The molecule has 1 fully saturated rings. The summed E-state index contributed by atoms with van der Waals surface area (Å²) in [6.07, 6.45) is -6.53. The van der Waals surface area contributed by atoms with Gasteiger partial charge in [0.1, 0.15) is 24.4 Å². The fourth-order valence-corrected chi connectivity index (χ4v) is 3.93. The number of carboxylic acids is 1. The van der Waals surface area contributed by atoms with Crippen molar-refractivity contribution in [3.63, 3.8) is 0 Å². The molecule has 1 amide bonds. The second kappa shape index (κ2) is 10.3. The van der Waals surface area contributed by atoms with Gasteiger partial charge in [0.15, 0.2) is 12.4 Å². The lowest BCUT2D eigenvalue weighted by Crippen LogP contribution is -2.63. The minimum Gasteiger partial charge on any atom is -0.480 e. The van der Waals surface area contributed by atoms with E-state index in [-0.39, 0.29) is 13.0 Å². The first-order chi connectivity index (χ1) is 16.3. The standard InChI is InChI=1S/C24H26N2O8/c27-18-19(28)21(34-24(20(18)29)33-12-13-6-2-1-3-7-13)22(30)26-17(23(31)32)10-14-11-25-16-9-5-4-8-15(14)16/h1-9,11,17-21,24-25,27-29H,10,12H2,(H,26,30)(H,31,32)/t17-,18-,19+,20+,21-,24+/m0/s1. The highest BCUT2D eigenvalue weighted by Gasteiger charge is 2.47. The van der Waals surface area contributed by atoms with E-state index < -0.39 is 48.6 Å². The van der Waals surface area contributed by atoms with E-state index in [4.69, 9.17) is 9.47 Å². The van der Waals surface area contributed by atoms with Gasteiger partial charge in [-0.2, -0.15) is 0 Å². The van der Waals surface area contributed by atoms with Crippen LogP contribution in [0.4, 0.5) is 0 Å². The maximum absolute atomic E-state index is 12.9. The molecule has 3 aromatic rings. The van der Waals surface area contributed by atoms with Crippen molar-refractivity contribution in [3.8, 4) is 0 Å². The molecule has 0 bridgehead atoms. The number of carboxylic acid groups (broad SMARTS) is 1. The van der Waals surface area contributed by atoms with Crippen molar-refractivity contribution in [2.24, 2.45) is 0 Å². The second-order valence-corrected chi connectivity index (χ2v) is 8.16. The molecule has 4 rings (SSSR count). The lowest BCUT2D eigenvalue weighted by molar-refractivity contribution is -0.293. The van der Waals surface area contributed by atoms with Crippen molar-refractivity contribution in [1.82, 2.24) is 10.3 Å². The summed E-state index contributed by atoms with van der Waals surface area (Å²) in [6, 6.07) is 15.0. The van der Waals surface area contributed by atoms with Crippen LogP contribution in [0.1, 0.15) is 11.1 Å². The number of nitrogens with one attached hydrogen (secondary N) is 2. The molecule has 1 aromatic heterocycles. The molecule has 0 unspecified atom stereocenters. The van der Waals surface area contributed by atoms with Gasteiger partial charge >= 0.3 is 5.97 Å². The Morgan fingerprint density at radius 1 is 1.00 bits per heavy atom. The zero-order valence-electron chi connectivity index (χ0n) is 18.1. The Bertz CT molecular complexity index is 1130. The van der Waals surface area contributed by atoms with E-state index in [0.29, 0.717) is 5.56 Å². The van der Waals surface area contributed by atoms with E-state index in [1.54, 1.807) is 30.5 Å². The number of carbonyl (C=O) groups excluding carboxylic acids is 1. The highest BCUT2D eigenvalue weighted by molar-refractivity contribution is 5.88. The van der Waals surface area contributed by atoms with Crippen LogP contribution in [0.15, 0.2) is 60.8 Å². The molecular formula is C24H26N2O8. The second-order valence-electron chi connectivity index (χ2n) is 8.16. The van der Waals surface area contributed by atoms with Crippen molar-refractivity contribution in [1.29, 1.82) is 0 Å². The molecule has 0 aliphatic carbocycles. The summed E-state index contributed by atoms with van der Waals surface area (Å²) in [7, 11) is 0. The predicted molar refractivity (Wildman–Crippen MR) is 119 cm³/mol. The molecule has 10 heteroatoms. The molecule has 34 heavy (non-hydrogen) atoms. The number of carbonyl (C=O) groups is 2. The average molecular weight is 470 g/mol. The summed E-state index contributed by atoms with van der Waals surface area (Å²) < 4.78 is 11.0. The third-order valence-corrected chi connectivity index (χ3v) is 5.80. The van der Waals surface area contributed by atoms with Gasteiger partial charge in [0, 0.05) is 23.5 Å². The van der Waals surface area contributed by atoms with Crippen LogP contribution in [-0.4, -0.2) is 74.0 Å². The van der Waals surface area contributed by atoms with E-state index in [1.165, 1.54) is 0 Å². The summed E-state index contributed by atoms with van der Waals surface area (Å²) in [4.78, 5) is 27.8. The van der Waals surface area contributed by atoms with Crippen LogP contribution in [0.25, 0.3) is 10.9 Å². The zero-order chi connectivity index (χ0) is 24.2. The molecule has 1 saturated heterocycles. The molecule has 180 valence electrons. The van der Waals surface area contributed by atoms with Crippen LogP contribution in [0.2, 0.25) is 0 Å². The van der Waals surface area contributed by atoms with Gasteiger partial charge < -0.3 is 40.2 Å². The topological polar surface area (TPSA) is 161 Å². The van der Waals surface area contributed by atoms with Gasteiger partial charge in [-0.1, -0.05) is 48.5 Å². The molecule has 6 N–H and O–H groups in total. The predicted octanol–water partition coefficient (Wildman–Crippen LogP) is 0.304. The molecule has 6 atom stereocenters. The summed E-state index contributed by atoms with van der Waals surface area (Å²) in [6.45, 7) is 0.0258. The van der Waals surface area contributed by atoms with Gasteiger partial charge in [-0.05, 0) is 17.2 Å². The van der Waals surface area contributed by atoms with Crippen molar-refractivity contribution in [3.05, 3.63) is 71.9 Å². The van der Waals surface area contributed by atoms with Crippen molar-refractivity contribution >= 4 is 22.8 Å². The number of aliphatic hydroxyl groups is 3. The smallest absolute Gasteiger partial charge is 0.326 e. The fourth-order valence-electron chi connectivity index (χ4n) is 3.93. The molecule has 10 nitrogen and oxygen atoms in total. The first kappa shape index (κ1) is 23.9. The van der Waals surface area contributed by atoms with E-state index in [1.807, 2.05) is 30.3 Å². The number of rotatable bonds is 8. The number of H-pyrrole nitrogens is 1. The normalized spacial score (nSPS) is 25.7. The van der Waals surface area contributed by atoms with E-state index in [2.05, 4.69) is 10.3 Å². The van der Waals surface area contributed by atoms with E-state index >= 15 is 0 Å². The van der Waals surface area contributed by atoms with Crippen molar-refractivity contribution in [2.75, 3.05) is 0 Å². The Kier molecular flexibility index (Phi) is 7.25. The van der Waals surface area contributed by atoms with E-state index in [9.17, 15) is 30.0 Å². The van der Waals surface area contributed by atoms with E-state index in [0.717, 1.165) is 16.5 Å². The number of fused-ring (bicyclic) bond motifs is 1. The lowest BCUT2D eigenvalue weighted by atomic mass is 9.97. The minimum atomic E-state index is -1.78. The van der Waals surface area contributed by atoms with Crippen LogP contribution in [0.5, 0.6) is 0 Å². The number of aliphatic hydroxyl groups excluding tert-OH is 3. The maximum Gasteiger partial charge on any atom is 0.326 e. The van der Waals surface area contributed by atoms with Crippen LogP contribution in [0, 0.1) is 0 Å². The van der Waals surface area contributed by atoms with Gasteiger partial charge in [0.2, 0.25) is 0 Å². The number of hydrogen-bond donors (Lipinski definition) is 6. The third kappa shape index (κ3) is 5.11. The molecule has 1 aliphatic rings. The Morgan fingerprint density at radius 2 is 1.71 bits per heavy atom. The zero-order valence-corrected chi connectivity index (χ0v) is 18.1. The van der Waals surface area contributed by atoms with Gasteiger partial charge in [0.25, 0.3) is 5.91 Å². The largest absolute Gasteiger partial charge is 0.480 e. The summed E-state index contributed by atoms with van der Waals surface area (Å²) in [5.74, 6) is -2.22. The first-order valence-corrected chi connectivity index (χ1v) is 10.8. The Balaban J connectivity index is 1.45. The molecule has 0 saturated carbocycles. The SMILES string of the molecule is O=C(O)[C@H](Cc1c[nH]c2ccccc12)NC(=O)[C@H]1O[C@@H](OCc2ccccc2)[C@H](O)[C@@H](O)[C@H]1O. The number of aliphatic carboxylic acids is 1. The number of amides is 1. The quantitative estimate of drug-likeness (QED) is 0.274. The highest BCUT2D eigenvalue weighted by atomic mass is 16.7. The Labute approximate surface area is 194 Å². The number of hydrogen-bond acceptors (Lipinski definition) is 7. The molecule has 0 radical (unpaired) electrons. The maximum atomic E-state index is 12.9. The van der Waals surface area contributed by atoms with Crippen LogP contribution in [0.3, 0.4) is 0 Å². The van der Waals surface area contributed by atoms with Crippen LogP contribution >= 0.6 is 0 Å². The number of aromatic amines is 1. The van der Waals surface area contributed by atoms with Gasteiger partial charge in [-0.3, -0.25) is 4.79 Å². The molecule has 1 aliphatic heterocycles. The number of ether oxygens (including phenoxy) is 2. The number of aromatic nitrogens is 1. The van der Waals surface area contributed by atoms with Crippen molar-refractivity contribution in [2.45, 2.75) is 49.8 Å². The monoisotopic (exact) mass is 470 g/mol. The number of para-hydroxylation sites is 1. The minimum absolute atomic E-state index is 0.0208. The molecular weight excluding hydrogens is 444 g/mol. The molecule has 0 spiro atoms. The summed E-state index contributed by atoms with van der Waals surface area (Å²) in [5, 5.41) is 43.7. The third-order valence-electron chi connectivity index (χ3n) is 5.80. The Morgan fingerprint density at radius 3 is 2.44 bits per heavy atom. The van der Waals surface area contributed by atoms with Gasteiger partial charge in [0.05, 0.1) is 6.61 Å². The fraction of sp³-hybridized carbons (Fsp3) is 0.333. The Hall–Kier alpha value is -3.28.